The molecule has 1 aliphatic rings. The lowest BCUT2D eigenvalue weighted by Crippen LogP contribution is -2.52. The average molecular weight is 647 g/mol. The first kappa shape index (κ1) is 32.4. The van der Waals surface area contributed by atoms with Crippen LogP contribution >= 0.6 is 0 Å². The van der Waals surface area contributed by atoms with Crippen molar-refractivity contribution in [1.82, 2.24) is 20.0 Å². The Bertz CT molecular complexity index is 1880. The summed E-state index contributed by atoms with van der Waals surface area (Å²) in [4.78, 5) is 32.0. The van der Waals surface area contributed by atoms with Gasteiger partial charge in [0.1, 0.15) is 6.04 Å². The number of alkyl halides is 3. The predicted octanol–water partition coefficient (Wildman–Crippen LogP) is 7.40. The van der Waals surface area contributed by atoms with Gasteiger partial charge in [-0.25, -0.2) is 0 Å². The number of nitrogens with zero attached hydrogens (tertiary/aromatic N) is 4. The van der Waals surface area contributed by atoms with E-state index in [-0.39, 0.29) is 18.9 Å². The lowest BCUT2D eigenvalue weighted by molar-refractivity contribution is -0.144. The molecular weight excluding hydrogens is 613 g/mol. The fourth-order valence-corrected chi connectivity index (χ4v) is 5.88. The van der Waals surface area contributed by atoms with Crippen molar-refractivity contribution < 1.29 is 22.8 Å². The van der Waals surface area contributed by atoms with Crippen molar-refractivity contribution in [3.05, 3.63) is 161 Å². The quantitative estimate of drug-likeness (QED) is 0.157. The molecule has 9 heteroatoms. The van der Waals surface area contributed by atoms with Crippen molar-refractivity contribution in [2.45, 2.75) is 38.1 Å². The van der Waals surface area contributed by atoms with Crippen LogP contribution in [0.25, 0.3) is 17.3 Å². The molecule has 6 nitrogen and oxygen atoms in total. The first-order chi connectivity index (χ1) is 23.2. The highest BCUT2D eigenvalue weighted by molar-refractivity contribution is 5.96. The topological polar surface area (TPSA) is 66.4 Å². The number of halogens is 3. The number of carbonyl (C=O) groups excluding carboxylic acids is 2. The highest BCUT2D eigenvalue weighted by Crippen LogP contribution is 2.29. The number of rotatable bonds is 9. The summed E-state index contributed by atoms with van der Waals surface area (Å²) in [5.74, 6) is -0.597. The molecule has 0 radical (unpaired) electrons. The Morgan fingerprint density at radius 3 is 2.21 bits per heavy atom. The Hall–Kier alpha value is -5.57. The van der Waals surface area contributed by atoms with Crippen molar-refractivity contribution in [2.75, 3.05) is 6.54 Å². The van der Waals surface area contributed by atoms with Gasteiger partial charge in [0.05, 0.1) is 11.3 Å². The van der Waals surface area contributed by atoms with E-state index in [0.29, 0.717) is 30.8 Å². The fraction of sp³-hybridized carbons (Fsp3) is 0.179. The van der Waals surface area contributed by atoms with E-state index in [0.717, 1.165) is 34.4 Å². The van der Waals surface area contributed by atoms with Crippen LogP contribution in [0.15, 0.2) is 128 Å². The number of aromatic nitrogens is 2. The van der Waals surface area contributed by atoms with Gasteiger partial charge in [-0.1, -0.05) is 91.0 Å². The van der Waals surface area contributed by atoms with E-state index >= 15 is 0 Å². The van der Waals surface area contributed by atoms with E-state index in [1.54, 1.807) is 17.2 Å². The molecule has 0 bridgehead atoms. The third-order valence-electron chi connectivity index (χ3n) is 8.49. The molecule has 4 aromatic carbocycles. The molecule has 1 aromatic heterocycles. The maximum atomic E-state index is 14.5. The molecule has 0 N–H and O–H groups in total. The summed E-state index contributed by atoms with van der Waals surface area (Å²) >= 11 is 0. The summed E-state index contributed by atoms with van der Waals surface area (Å²) in [6, 6.07) is 32.6. The normalized spacial score (nSPS) is 13.6. The molecule has 0 aliphatic carbocycles. The van der Waals surface area contributed by atoms with E-state index < -0.39 is 23.7 Å². The highest BCUT2D eigenvalue weighted by Gasteiger charge is 2.34. The van der Waals surface area contributed by atoms with Crippen molar-refractivity contribution in [3.8, 4) is 11.3 Å². The molecule has 0 fully saturated rings. The molecule has 0 unspecified atom stereocenters. The maximum Gasteiger partial charge on any atom is 0.416 e. The summed E-state index contributed by atoms with van der Waals surface area (Å²) < 4.78 is 39.4. The molecule has 2 amide bonds. The molecule has 5 aromatic rings. The van der Waals surface area contributed by atoms with Gasteiger partial charge in [-0.3, -0.25) is 9.59 Å². The summed E-state index contributed by atoms with van der Waals surface area (Å²) in [6.45, 7) is 1.10. The first-order valence-corrected chi connectivity index (χ1v) is 15.7. The predicted molar refractivity (Wildman–Crippen MR) is 178 cm³/mol. The Morgan fingerprint density at radius 2 is 1.52 bits per heavy atom. The summed E-state index contributed by atoms with van der Waals surface area (Å²) in [6.07, 6.45) is 0.948. The van der Waals surface area contributed by atoms with Crippen LogP contribution in [0.2, 0.25) is 0 Å². The van der Waals surface area contributed by atoms with E-state index in [1.807, 2.05) is 83.8 Å². The Kier molecular flexibility index (Phi) is 9.75. The van der Waals surface area contributed by atoms with E-state index in [4.69, 9.17) is 0 Å². The van der Waals surface area contributed by atoms with Crippen LogP contribution in [0.3, 0.4) is 0 Å². The number of carbonyl (C=O) groups is 2. The molecule has 242 valence electrons. The second-order valence-corrected chi connectivity index (χ2v) is 11.7. The number of hydrogen-bond acceptors (Lipinski definition) is 4. The van der Waals surface area contributed by atoms with Crippen LogP contribution in [0.1, 0.15) is 33.4 Å². The molecule has 0 saturated carbocycles. The van der Waals surface area contributed by atoms with Gasteiger partial charge in [0, 0.05) is 43.9 Å². The molecule has 1 atom stereocenters. The van der Waals surface area contributed by atoms with Crippen LogP contribution in [0.5, 0.6) is 0 Å². The van der Waals surface area contributed by atoms with Gasteiger partial charge in [-0.2, -0.15) is 23.4 Å². The molecule has 48 heavy (non-hydrogen) atoms. The molecule has 6 rings (SSSR count). The number of benzene rings is 4. The fourth-order valence-electron chi connectivity index (χ4n) is 5.88. The minimum Gasteiger partial charge on any atom is -0.336 e. The Labute approximate surface area is 277 Å². The number of amides is 2. The summed E-state index contributed by atoms with van der Waals surface area (Å²) in [7, 11) is 0. The van der Waals surface area contributed by atoms with Crippen molar-refractivity contribution in [2.24, 2.45) is 0 Å². The molecule has 0 spiro atoms. The van der Waals surface area contributed by atoms with E-state index in [1.165, 1.54) is 29.8 Å². The summed E-state index contributed by atoms with van der Waals surface area (Å²) in [5.41, 5.74) is 5.21. The molecular formula is C39H33F3N4O2. The third-order valence-corrected chi connectivity index (χ3v) is 8.49. The second kappa shape index (κ2) is 14.5. The molecule has 0 saturated heterocycles. The molecule has 2 heterocycles. The lowest BCUT2D eigenvalue weighted by Gasteiger charge is -2.37. The Morgan fingerprint density at radius 1 is 0.812 bits per heavy atom. The monoisotopic (exact) mass is 646 g/mol. The van der Waals surface area contributed by atoms with Crippen molar-refractivity contribution >= 4 is 17.9 Å². The number of fused-ring (bicyclic) bond motifs is 1. The van der Waals surface area contributed by atoms with Gasteiger partial charge >= 0.3 is 6.18 Å². The van der Waals surface area contributed by atoms with Gasteiger partial charge in [-0.15, -0.1) is 0 Å². The zero-order valence-electron chi connectivity index (χ0n) is 26.1. The van der Waals surface area contributed by atoms with E-state index in [9.17, 15) is 22.8 Å². The van der Waals surface area contributed by atoms with Crippen LogP contribution in [-0.4, -0.2) is 44.4 Å². The molecule has 1 aliphatic heterocycles. The van der Waals surface area contributed by atoms with E-state index in [2.05, 4.69) is 16.3 Å². The largest absolute Gasteiger partial charge is 0.416 e. The zero-order valence-corrected chi connectivity index (χ0v) is 26.1. The van der Waals surface area contributed by atoms with Gasteiger partial charge < -0.3 is 9.80 Å². The standard InChI is InChI=1S/C39H33F3N4O2/c40-39(41,42)34-19-14-28(15-20-34)16-21-37(47)46(26-30-12-17-32(18-13-30)35-11-6-23-43-44-35)36(25-29-7-2-1-3-8-29)38(48)45-24-22-31-9-4-5-10-33(31)27-45/h1-21,23,36H,22,24-27H2/b21-16+/t36-/m0/s1. The second-order valence-electron chi connectivity index (χ2n) is 11.7. The average Bonchev–Trinajstić information content (AvgIpc) is 3.12. The van der Waals surface area contributed by atoms with Crippen LogP contribution in [0.4, 0.5) is 13.2 Å². The minimum atomic E-state index is -4.46. The number of hydrogen-bond donors (Lipinski definition) is 0. The van der Waals surface area contributed by atoms with Crippen molar-refractivity contribution in [1.29, 1.82) is 0 Å². The maximum absolute atomic E-state index is 14.5. The SMILES string of the molecule is O=C([C@H](Cc1ccccc1)N(Cc1ccc(-c2cccnn2)cc1)C(=O)/C=C/c1ccc(C(F)(F)F)cc1)N1CCc2ccccc2C1. The van der Waals surface area contributed by atoms with Gasteiger partial charge in [0.25, 0.3) is 0 Å². The van der Waals surface area contributed by atoms with Crippen LogP contribution in [0, 0.1) is 0 Å². The van der Waals surface area contributed by atoms with Gasteiger partial charge in [-0.05, 0) is 64.6 Å². The first-order valence-electron chi connectivity index (χ1n) is 15.7. The van der Waals surface area contributed by atoms with Crippen LogP contribution < -0.4 is 0 Å². The van der Waals surface area contributed by atoms with Crippen molar-refractivity contribution in [3.63, 3.8) is 0 Å². The lowest BCUT2D eigenvalue weighted by atomic mass is 9.97. The Balaban J connectivity index is 1.34. The smallest absolute Gasteiger partial charge is 0.336 e. The van der Waals surface area contributed by atoms with Gasteiger partial charge in [0.15, 0.2) is 0 Å². The minimum absolute atomic E-state index is 0.130. The van der Waals surface area contributed by atoms with Gasteiger partial charge in [0.2, 0.25) is 11.8 Å². The highest BCUT2D eigenvalue weighted by atomic mass is 19.4. The summed E-state index contributed by atoms with van der Waals surface area (Å²) in [5, 5.41) is 8.12. The van der Waals surface area contributed by atoms with Crippen LogP contribution in [-0.2, 0) is 41.7 Å². The zero-order chi connectivity index (χ0) is 33.5. The third kappa shape index (κ3) is 7.86.